The van der Waals surface area contributed by atoms with Gasteiger partial charge in [0.2, 0.25) is 5.91 Å². The number of fused-ring (bicyclic) bond motifs is 1. The molecule has 2 N–H and O–H groups in total. The zero-order chi connectivity index (χ0) is 27.2. The molecule has 13 heteroatoms. The number of nitrogens with one attached hydrogen (secondary N) is 1. The molecule has 0 saturated heterocycles. The van der Waals surface area contributed by atoms with Crippen LogP contribution >= 0.6 is 0 Å². The van der Waals surface area contributed by atoms with Crippen molar-refractivity contribution in [3.63, 3.8) is 0 Å². The lowest BCUT2D eigenvalue weighted by atomic mass is 10.0. The summed E-state index contributed by atoms with van der Waals surface area (Å²) in [5.41, 5.74) is 0.155. The van der Waals surface area contributed by atoms with Gasteiger partial charge in [0.05, 0.1) is 42.8 Å². The molecule has 0 aliphatic carbocycles. The van der Waals surface area contributed by atoms with Crippen LogP contribution in [0.3, 0.4) is 0 Å². The van der Waals surface area contributed by atoms with Gasteiger partial charge in [0.1, 0.15) is 0 Å². The lowest BCUT2D eigenvalue weighted by molar-refractivity contribution is -0.138. The number of amides is 3. The highest BCUT2D eigenvalue weighted by molar-refractivity contribution is 5.89. The number of carbonyl (C=O) groups excluding carboxylic acids is 2. The molecular weight excluding hydrogens is 493 g/mol. The summed E-state index contributed by atoms with van der Waals surface area (Å²) in [5, 5.41) is 20.3. The number of ether oxygens (including phenoxy) is 1. The van der Waals surface area contributed by atoms with Gasteiger partial charge in [-0.3, -0.25) is 4.79 Å². The topological polar surface area (TPSA) is 113 Å². The van der Waals surface area contributed by atoms with Crippen LogP contribution in [0.2, 0.25) is 0 Å². The first-order valence-electron chi connectivity index (χ1n) is 12.1. The summed E-state index contributed by atoms with van der Waals surface area (Å²) in [6.45, 7) is 4.62. The quantitative estimate of drug-likeness (QED) is 0.620. The lowest BCUT2D eigenvalue weighted by Gasteiger charge is -2.35. The van der Waals surface area contributed by atoms with E-state index in [9.17, 15) is 27.9 Å². The van der Waals surface area contributed by atoms with Crippen LogP contribution in [0.1, 0.15) is 37.9 Å². The summed E-state index contributed by atoms with van der Waals surface area (Å²) in [7, 11) is 1.55. The second kappa shape index (κ2) is 12.4. The number of anilines is 1. The Balaban J connectivity index is 1.74. The Morgan fingerprint density at radius 1 is 1.32 bits per heavy atom. The Kier molecular flexibility index (Phi) is 9.49. The molecule has 2 aromatic rings. The van der Waals surface area contributed by atoms with E-state index in [4.69, 9.17) is 4.74 Å². The molecule has 3 atom stereocenters. The third-order valence-electron chi connectivity index (χ3n) is 6.40. The SMILES string of the molecule is C[C@H](CO)N1C[C@H](C)[C@@H](CN(C)C(=O)Nc2ccc(C(F)(F)F)cc2)OCc2cnnn2CCCC1=O. The fourth-order valence-electron chi connectivity index (χ4n) is 4.06. The average Bonchev–Trinajstić information content (AvgIpc) is 3.30. The maximum Gasteiger partial charge on any atom is 0.416 e. The van der Waals surface area contributed by atoms with E-state index in [0.29, 0.717) is 19.5 Å². The third-order valence-corrected chi connectivity index (χ3v) is 6.40. The van der Waals surface area contributed by atoms with E-state index >= 15 is 0 Å². The number of hydrogen-bond donors (Lipinski definition) is 2. The number of likely N-dealkylation sites (N-methyl/N-ethyl adjacent to an activating group) is 1. The van der Waals surface area contributed by atoms with E-state index in [0.717, 1.165) is 17.8 Å². The normalized spacial score (nSPS) is 20.4. The number of halogens is 3. The number of hydrogen-bond acceptors (Lipinski definition) is 6. The summed E-state index contributed by atoms with van der Waals surface area (Å²) in [6, 6.07) is 3.28. The van der Waals surface area contributed by atoms with Gasteiger partial charge in [0.25, 0.3) is 0 Å². The molecule has 1 aromatic carbocycles. The fraction of sp³-hybridized carbons (Fsp3) is 0.583. The van der Waals surface area contributed by atoms with E-state index in [1.165, 1.54) is 17.0 Å². The Morgan fingerprint density at radius 2 is 2.03 bits per heavy atom. The monoisotopic (exact) mass is 526 g/mol. The minimum atomic E-state index is -4.46. The fourth-order valence-corrected chi connectivity index (χ4v) is 4.06. The zero-order valence-corrected chi connectivity index (χ0v) is 21.1. The van der Waals surface area contributed by atoms with Crippen molar-refractivity contribution in [2.45, 2.75) is 58.2 Å². The molecule has 0 saturated carbocycles. The molecule has 0 bridgehead atoms. The standard InChI is InChI=1S/C24H33F3N6O4/c1-16-12-32(17(2)14-34)22(35)5-4-10-33-20(11-28-30-33)15-37-21(16)13-31(3)23(36)29-19-8-6-18(7-9-19)24(25,26)27/h6-9,11,16-17,21,34H,4-5,10,12-15H2,1-3H3,(H,29,36)/t16-,17+,21+/m0/s1. The summed E-state index contributed by atoms with van der Waals surface area (Å²) >= 11 is 0. The Hall–Kier alpha value is -3.19. The molecule has 1 aliphatic rings. The van der Waals surface area contributed by atoms with Gasteiger partial charge in [-0.05, 0) is 37.6 Å². The number of aliphatic hydroxyl groups is 1. The third kappa shape index (κ3) is 7.65. The highest BCUT2D eigenvalue weighted by atomic mass is 19.4. The zero-order valence-electron chi connectivity index (χ0n) is 21.1. The van der Waals surface area contributed by atoms with Gasteiger partial charge in [-0.15, -0.1) is 5.10 Å². The van der Waals surface area contributed by atoms with Gasteiger partial charge in [0.15, 0.2) is 0 Å². The molecule has 0 spiro atoms. The van der Waals surface area contributed by atoms with E-state index in [-0.39, 0.29) is 49.7 Å². The van der Waals surface area contributed by atoms with E-state index in [2.05, 4.69) is 15.6 Å². The van der Waals surface area contributed by atoms with Gasteiger partial charge in [-0.1, -0.05) is 12.1 Å². The molecule has 37 heavy (non-hydrogen) atoms. The van der Waals surface area contributed by atoms with E-state index in [1.54, 1.807) is 29.7 Å². The first-order chi connectivity index (χ1) is 17.5. The molecule has 204 valence electrons. The van der Waals surface area contributed by atoms with Crippen molar-refractivity contribution in [3.8, 4) is 0 Å². The molecule has 1 aromatic heterocycles. The Labute approximate surface area is 213 Å². The van der Waals surface area contributed by atoms with Crippen molar-refractivity contribution in [1.29, 1.82) is 0 Å². The molecule has 2 heterocycles. The maximum atomic E-state index is 12.9. The van der Waals surface area contributed by atoms with Crippen LogP contribution in [-0.2, 0) is 28.9 Å². The van der Waals surface area contributed by atoms with E-state index < -0.39 is 23.9 Å². The summed E-state index contributed by atoms with van der Waals surface area (Å²) in [6.07, 6.45) is -2.52. The minimum Gasteiger partial charge on any atom is -0.394 e. The largest absolute Gasteiger partial charge is 0.416 e. The number of aryl methyl sites for hydroxylation is 1. The highest BCUT2D eigenvalue weighted by Crippen LogP contribution is 2.30. The predicted octanol–water partition coefficient (Wildman–Crippen LogP) is 2.99. The number of aliphatic hydroxyl groups excluding tert-OH is 1. The summed E-state index contributed by atoms with van der Waals surface area (Å²) < 4.78 is 46.3. The van der Waals surface area contributed by atoms with Crippen LogP contribution in [0.15, 0.2) is 30.5 Å². The number of alkyl halides is 3. The first kappa shape index (κ1) is 28.4. The highest BCUT2D eigenvalue weighted by Gasteiger charge is 2.31. The Morgan fingerprint density at radius 3 is 2.68 bits per heavy atom. The number of carbonyl (C=O) groups is 2. The van der Waals surface area contributed by atoms with Crippen molar-refractivity contribution < 1.29 is 32.6 Å². The van der Waals surface area contributed by atoms with Crippen molar-refractivity contribution in [3.05, 3.63) is 41.7 Å². The second-order valence-electron chi connectivity index (χ2n) is 9.34. The van der Waals surface area contributed by atoms with Gasteiger partial charge >= 0.3 is 12.2 Å². The van der Waals surface area contributed by atoms with Crippen molar-refractivity contribution in [1.82, 2.24) is 24.8 Å². The smallest absolute Gasteiger partial charge is 0.394 e. The molecule has 0 radical (unpaired) electrons. The van der Waals surface area contributed by atoms with Gasteiger partial charge in [0, 0.05) is 44.7 Å². The molecule has 1 aliphatic heterocycles. The molecule has 10 nitrogen and oxygen atoms in total. The van der Waals surface area contributed by atoms with Crippen molar-refractivity contribution >= 4 is 17.6 Å². The second-order valence-corrected chi connectivity index (χ2v) is 9.34. The van der Waals surface area contributed by atoms with Crippen LogP contribution in [0.4, 0.5) is 23.7 Å². The van der Waals surface area contributed by atoms with Crippen LogP contribution in [0.5, 0.6) is 0 Å². The predicted molar refractivity (Wildman–Crippen MR) is 128 cm³/mol. The minimum absolute atomic E-state index is 0.0946. The lowest BCUT2D eigenvalue weighted by Crippen LogP contribution is -2.48. The number of benzene rings is 1. The maximum absolute atomic E-state index is 12.9. The van der Waals surface area contributed by atoms with Crippen LogP contribution < -0.4 is 5.32 Å². The van der Waals surface area contributed by atoms with Crippen LogP contribution in [-0.4, -0.2) is 80.7 Å². The molecular formula is C24H33F3N6O4. The van der Waals surface area contributed by atoms with Crippen LogP contribution in [0, 0.1) is 5.92 Å². The molecule has 0 unspecified atom stereocenters. The van der Waals surface area contributed by atoms with Crippen molar-refractivity contribution in [2.75, 3.05) is 32.1 Å². The van der Waals surface area contributed by atoms with Crippen molar-refractivity contribution in [2.24, 2.45) is 5.92 Å². The van der Waals surface area contributed by atoms with E-state index in [1.807, 2.05) is 6.92 Å². The Bertz CT molecular complexity index is 1050. The number of urea groups is 1. The summed E-state index contributed by atoms with van der Waals surface area (Å²) in [5.74, 6) is -0.314. The average molecular weight is 527 g/mol. The number of nitrogens with zero attached hydrogens (tertiary/aromatic N) is 5. The number of aromatic nitrogens is 3. The first-order valence-corrected chi connectivity index (χ1v) is 12.1. The molecule has 0 fully saturated rings. The van der Waals surface area contributed by atoms with Crippen LogP contribution in [0.25, 0.3) is 0 Å². The van der Waals surface area contributed by atoms with Gasteiger partial charge in [-0.25, -0.2) is 9.48 Å². The molecule has 3 rings (SSSR count). The van der Waals surface area contributed by atoms with Gasteiger partial charge in [-0.2, -0.15) is 13.2 Å². The summed E-state index contributed by atoms with van der Waals surface area (Å²) in [4.78, 5) is 28.7. The number of rotatable bonds is 5. The van der Waals surface area contributed by atoms with Gasteiger partial charge < -0.3 is 25.0 Å². The molecule has 3 amide bonds.